The lowest BCUT2D eigenvalue weighted by molar-refractivity contribution is -0.131. The van der Waals surface area contributed by atoms with Crippen molar-refractivity contribution in [2.45, 2.75) is 19.8 Å². The van der Waals surface area contributed by atoms with Gasteiger partial charge in [0.1, 0.15) is 0 Å². The molecule has 0 aliphatic carbocycles. The zero-order valence-electron chi connectivity index (χ0n) is 9.64. The van der Waals surface area contributed by atoms with E-state index in [1.165, 1.54) is 0 Å². The molecule has 0 saturated carbocycles. The Labute approximate surface area is 95.3 Å². The molecule has 1 heterocycles. The maximum Gasteiger partial charge on any atom is 0.312 e. The number of nitrogens with one attached hydrogen (secondary N) is 3. The van der Waals surface area contributed by atoms with Crippen molar-refractivity contribution in [3.63, 3.8) is 0 Å². The Morgan fingerprint density at radius 3 is 2.38 bits per heavy atom. The van der Waals surface area contributed by atoms with Crippen LogP contribution >= 0.6 is 0 Å². The van der Waals surface area contributed by atoms with Gasteiger partial charge in [0.05, 0.1) is 0 Å². The van der Waals surface area contributed by atoms with Gasteiger partial charge in [0.15, 0.2) is 0 Å². The third-order valence-electron chi connectivity index (χ3n) is 2.97. The van der Waals surface area contributed by atoms with Crippen LogP contribution in [0.4, 0.5) is 4.79 Å². The first kappa shape index (κ1) is 12.8. The van der Waals surface area contributed by atoms with E-state index in [1.807, 2.05) is 6.92 Å². The standard InChI is InChI=1S/C10H20N4O2/c1-10(2-4-12-5-3-10)8(15)13-6-7-14-9(11)16/h12H,2-7H2,1H3,(H,13,15)(H3,11,14,16). The van der Waals surface area contributed by atoms with Gasteiger partial charge in [-0.1, -0.05) is 6.92 Å². The van der Waals surface area contributed by atoms with Crippen molar-refractivity contribution in [3.05, 3.63) is 0 Å². The van der Waals surface area contributed by atoms with Crippen LogP contribution in [-0.4, -0.2) is 38.1 Å². The zero-order valence-corrected chi connectivity index (χ0v) is 9.64. The van der Waals surface area contributed by atoms with E-state index < -0.39 is 6.03 Å². The molecule has 0 atom stereocenters. The number of carbonyl (C=O) groups excluding carboxylic acids is 2. The first-order valence-electron chi connectivity index (χ1n) is 5.57. The highest BCUT2D eigenvalue weighted by atomic mass is 16.2. The first-order valence-corrected chi connectivity index (χ1v) is 5.57. The maximum atomic E-state index is 11.9. The highest BCUT2D eigenvalue weighted by molar-refractivity contribution is 5.82. The summed E-state index contributed by atoms with van der Waals surface area (Å²) in [5, 5.41) is 8.46. The van der Waals surface area contributed by atoms with Gasteiger partial charge in [-0.2, -0.15) is 0 Å². The molecule has 0 radical (unpaired) electrons. The van der Waals surface area contributed by atoms with E-state index >= 15 is 0 Å². The lowest BCUT2D eigenvalue weighted by Gasteiger charge is -2.32. The predicted molar refractivity (Wildman–Crippen MR) is 60.8 cm³/mol. The minimum atomic E-state index is -0.567. The van der Waals surface area contributed by atoms with E-state index in [-0.39, 0.29) is 11.3 Å². The second kappa shape index (κ2) is 5.69. The fourth-order valence-corrected chi connectivity index (χ4v) is 1.78. The van der Waals surface area contributed by atoms with Gasteiger partial charge >= 0.3 is 6.03 Å². The smallest absolute Gasteiger partial charge is 0.312 e. The molecule has 16 heavy (non-hydrogen) atoms. The quantitative estimate of drug-likeness (QED) is 0.472. The minimum absolute atomic E-state index is 0.0558. The fourth-order valence-electron chi connectivity index (χ4n) is 1.78. The molecule has 1 fully saturated rings. The van der Waals surface area contributed by atoms with Crippen LogP contribution in [0, 0.1) is 5.41 Å². The fraction of sp³-hybridized carbons (Fsp3) is 0.800. The van der Waals surface area contributed by atoms with Gasteiger partial charge in [-0.05, 0) is 25.9 Å². The van der Waals surface area contributed by atoms with E-state index in [9.17, 15) is 9.59 Å². The largest absolute Gasteiger partial charge is 0.354 e. The van der Waals surface area contributed by atoms with Gasteiger partial charge in [0.25, 0.3) is 0 Å². The highest BCUT2D eigenvalue weighted by Gasteiger charge is 2.33. The Morgan fingerprint density at radius 1 is 1.25 bits per heavy atom. The molecule has 0 aromatic carbocycles. The van der Waals surface area contributed by atoms with E-state index in [0.29, 0.717) is 13.1 Å². The number of hydrogen-bond acceptors (Lipinski definition) is 3. The Morgan fingerprint density at radius 2 is 1.81 bits per heavy atom. The van der Waals surface area contributed by atoms with E-state index in [2.05, 4.69) is 16.0 Å². The molecule has 1 aliphatic rings. The summed E-state index contributed by atoms with van der Waals surface area (Å²) in [4.78, 5) is 22.3. The Bertz CT molecular complexity index is 262. The van der Waals surface area contributed by atoms with Crippen LogP contribution in [-0.2, 0) is 4.79 Å². The summed E-state index contributed by atoms with van der Waals surface area (Å²) in [5.41, 5.74) is 4.63. The van der Waals surface area contributed by atoms with Gasteiger partial charge in [0, 0.05) is 18.5 Å². The van der Waals surface area contributed by atoms with E-state index in [4.69, 9.17) is 5.73 Å². The van der Waals surface area contributed by atoms with Crippen LogP contribution in [0.2, 0.25) is 0 Å². The SMILES string of the molecule is CC1(C(=O)NCCNC(N)=O)CCNCC1. The summed E-state index contributed by atoms with van der Waals surface area (Å²) in [6.45, 7) is 4.53. The average Bonchev–Trinajstić information content (AvgIpc) is 2.25. The molecule has 1 saturated heterocycles. The number of amides is 3. The van der Waals surface area contributed by atoms with Crippen LogP contribution in [0.1, 0.15) is 19.8 Å². The number of piperidine rings is 1. The van der Waals surface area contributed by atoms with Gasteiger partial charge in [-0.25, -0.2) is 4.79 Å². The first-order chi connectivity index (χ1) is 7.54. The Hall–Kier alpha value is -1.30. The Kier molecular flexibility index (Phi) is 4.54. The van der Waals surface area contributed by atoms with Gasteiger partial charge < -0.3 is 21.7 Å². The molecule has 5 N–H and O–H groups in total. The van der Waals surface area contributed by atoms with Crippen molar-refractivity contribution in [1.29, 1.82) is 0 Å². The minimum Gasteiger partial charge on any atom is -0.354 e. The topological polar surface area (TPSA) is 96.2 Å². The number of nitrogens with two attached hydrogens (primary N) is 1. The number of urea groups is 1. The van der Waals surface area contributed by atoms with Crippen LogP contribution in [0.5, 0.6) is 0 Å². The van der Waals surface area contributed by atoms with Crippen molar-refractivity contribution in [2.75, 3.05) is 26.2 Å². The van der Waals surface area contributed by atoms with Crippen molar-refractivity contribution < 1.29 is 9.59 Å². The lowest BCUT2D eigenvalue weighted by Crippen LogP contribution is -2.47. The van der Waals surface area contributed by atoms with E-state index in [0.717, 1.165) is 25.9 Å². The monoisotopic (exact) mass is 228 g/mol. The summed E-state index contributed by atoms with van der Waals surface area (Å²) in [5.74, 6) is 0.0558. The Balaban J connectivity index is 2.25. The molecular formula is C10H20N4O2. The van der Waals surface area contributed by atoms with Gasteiger partial charge in [0.2, 0.25) is 5.91 Å². The summed E-state index contributed by atoms with van der Waals surface area (Å²) in [6, 6.07) is -0.567. The molecule has 92 valence electrons. The van der Waals surface area contributed by atoms with Gasteiger partial charge in [-0.3, -0.25) is 4.79 Å². The second-order valence-electron chi connectivity index (χ2n) is 4.36. The van der Waals surface area contributed by atoms with E-state index in [1.54, 1.807) is 0 Å². The maximum absolute atomic E-state index is 11.9. The molecule has 6 heteroatoms. The summed E-state index contributed by atoms with van der Waals surface area (Å²) < 4.78 is 0. The summed E-state index contributed by atoms with van der Waals surface area (Å²) >= 11 is 0. The molecule has 6 nitrogen and oxygen atoms in total. The van der Waals surface area contributed by atoms with Crippen molar-refractivity contribution in [2.24, 2.45) is 11.1 Å². The molecule has 0 aromatic rings. The predicted octanol–water partition coefficient (Wildman–Crippen LogP) is -0.839. The molecule has 0 aromatic heterocycles. The number of primary amides is 1. The molecule has 1 rings (SSSR count). The molecule has 3 amide bonds. The number of hydrogen-bond donors (Lipinski definition) is 4. The number of carbonyl (C=O) groups is 2. The van der Waals surface area contributed by atoms with Crippen LogP contribution in [0.25, 0.3) is 0 Å². The van der Waals surface area contributed by atoms with Crippen molar-refractivity contribution in [3.8, 4) is 0 Å². The second-order valence-corrected chi connectivity index (χ2v) is 4.36. The van der Waals surface area contributed by atoms with Crippen LogP contribution in [0.3, 0.4) is 0 Å². The molecule has 0 bridgehead atoms. The van der Waals surface area contributed by atoms with Crippen molar-refractivity contribution >= 4 is 11.9 Å². The van der Waals surface area contributed by atoms with Crippen LogP contribution < -0.4 is 21.7 Å². The molecule has 0 spiro atoms. The number of rotatable bonds is 4. The third-order valence-corrected chi connectivity index (χ3v) is 2.97. The molecular weight excluding hydrogens is 208 g/mol. The van der Waals surface area contributed by atoms with Crippen LogP contribution in [0.15, 0.2) is 0 Å². The highest BCUT2D eigenvalue weighted by Crippen LogP contribution is 2.27. The molecule has 0 unspecified atom stereocenters. The summed E-state index contributed by atoms with van der Waals surface area (Å²) in [6.07, 6.45) is 1.70. The normalized spacial score (nSPS) is 18.8. The zero-order chi connectivity index (χ0) is 12.0. The summed E-state index contributed by atoms with van der Waals surface area (Å²) in [7, 11) is 0. The van der Waals surface area contributed by atoms with Crippen molar-refractivity contribution in [1.82, 2.24) is 16.0 Å². The third kappa shape index (κ3) is 3.69. The average molecular weight is 228 g/mol. The lowest BCUT2D eigenvalue weighted by atomic mass is 9.80. The molecule has 1 aliphatic heterocycles. The van der Waals surface area contributed by atoms with Gasteiger partial charge in [-0.15, -0.1) is 0 Å².